The van der Waals surface area contributed by atoms with Crippen LogP contribution in [0.5, 0.6) is 11.5 Å². The van der Waals surface area contributed by atoms with Gasteiger partial charge in [0.1, 0.15) is 11.5 Å². The lowest BCUT2D eigenvalue weighted by Gasteiger charge is -2.22. The van der Waals surface area contributed by atoms with Crippen LogP contribution in [0.4, 0.5) is 0 Å². The molecule has 4 heteroatoms. The fraction of sp³-hybridized carbons (Fsp3) is 0.381. The first-order valence-corrected chi connectivity index (χ1v) is 8.75. The van der Waals surface area contributed by atoms with Crippen LogP contribution in [0.3, 0.4) is 0 Å². The number of benzene rings is 2. The first-order valence-electron chi connectivity index (χ1n) is 8.75. The third-order valence-electron chi connectivity index (χ3n) is 4.17. The molecular formula is C21H27NO3. The van der Waals surface area contributed by atoms with Gasteiger partial charge in [-0.25, -0.2) is 0 Å². The Kier molecular flexibility index (Phi) is 6.87. The average Bonchev–Trinajstić information content (AvgIpc) is 2.64. The summed E-state index contributed by atoms with van der Waals surface area (Å²) in [5, 5.41) is 3.10. The van der Waals surface area contributed by atoms with Crippen molar-refractivity contribution < 1.29 is 14.3 Å². The molecule has 0 aromatic heterocycles. The van der Waals surface area contributed by atoms with E-state index in [0.717, 1.165) is 29.0 Å². The van der Waals surface area contributed by atoms with Crippen molar-refractivity contribution >= 4 is 5.91 Å². The number of rotatable bonds is 8. The first-order chi connectivity index (χ1) is 12.1. The molecule has 0 unspecified atom stereocenters. The second-order valence-corrected chi connectivity index (χ2v) is 6.07. The Morgan fingerprint density at radius 2 is 1.76 bits per heavy atom. The summed E-state index contributed by atoms with van der Waals surface area (Å²) in [6, 6.07) is 15.5. The SMILES string of the molecule is CC[C@H](Oc1cccc(C)c1)C(=O)N[C@@H](CC)c1ccc(OC)cc1. The number of ether oxygens (including phenoxy) is 2. The Hall–Kier alpha value is -2.49. The summed E-state index contributed by atoms with van der Waals surface area (Å²) >= 11 is 0. The van der Waals surface area contributed by atoms with Gasteiger partial charge in [-0.15, -0.1) is 0 Å². The third kappa shape index (κ3) is 5.24. The van der Waals surface area contributed by atoms with E-state index in [1.165, 1.54) is 0 Å². The molecule has 0 heterocycles. The van der Waals surface area contributed by atoms with Crippen molar-refractivity contribution in [2.24, 2.45) is 0 Å². The van der Waals surface area contributed by atoms with Crippen molar-refractivity contribution in [3.63, 3.8) is 0 Å². The van der Waals surface area contributed by atoms with E-state index in [2.05, 4.69) is 12.2 Å². The van der Waals surface area contributed by atoms with Crippen molar-refractivity contribution in [1.82, 2.24) is 5.32 Å². The first kappa shape index (κ1) is 18.8. The lowest BCUT2D eigenvalue weighted by molar-refractivity contribution is -0.128. The van der Waals surface area contributed by atoms with E-state index in [0.29, 0.717) is 6.42 Å². The van der Waals surface area contributed by atoms with Gasteiger partial charge in [-0.2, -0.15) is 0 Å². The van der Waals surface area contributed by atoms with E-state index >= 15 is 0 Å². The predicted molar refractivity (Wildman–Crippen MR) is 100 cm³/mol. The summed E-state index contributed by atoms with van der Waals surface area (Å²) in [6.45, 7) is 6.01. The monoisotopic (exact) mass is 341 g/mol. The number of carbonyl (C=O) groups excluding carboxylic acids is 1. The molecule has 2 rings (SSSR count). The minimum atomic E-state index is -0.505. The molecule has 1 amide bonds. The fourth-order valence-electron chi connectivity index (χ4n) is 2.70. The standard InChI is InChI=1S/C21H27NO3/c1-5-19(16-10-12-17(24-4)13-11-16)22-21(23)20(6-2)25-18-9-7-8-15(3)14-18/h7-14,19-20H,5-6H2,1-4H3,(H,22,23)/t19-,20-/m0/s1. The van der Waals surface area contributed by atoms with E-state index in [-0.39, 0.29) is 11.9 Å². The van der Waals surface area contributed by atoms with Gasteiger partial charge in [0.05, 0.1) is 13.2 Å². The summed E-state index contributed by atoms with van der Waals surface area (Å²) in [5.74, 6) is 1.44. The Bertz CT molecular complexity index is 682. The molecule has 134 valence electrons. The predicted octanol–water partition coefficient (Wildman–Crippen LogP) is 4.43. The molecule has 1 N–H and O–H groups in total. The number of nitrogens with one attached hydrogen (secondary N) is 1. The lowest BCUT2D eigenvalue weighted by Crippen LogP contribution is -2.39. The van der Waals surface area contributed by atoms with Crippen LogP contribution >= 0.6 is 0 Å². The minimum Gasteiger partial charge on any atom is -0.497 e. The van der Waals surface area contributed by atoms with Crippen LogP contribution in [0, 0.1) is 6.92 Å². The Morgan fingerprint density at radius 3 is 2.32 bits per heavy atom. The average molecular weight is 341 g/mol. The highest BCUT2D eigenvalue weighted by molar-refractivity contribution is 5.81. The van der Waals surface area contributed by atoms with Gasteiger partial charge in [0.2, 0.25) is 0 Å². The van der Waals surface area contributed by atoms with Gasteiger partial charge >= 0.3 is 0 Å². The topological polar surface area (TPSA) is 47.6 Å². The maximum Gasteiger partial charge on any atom is 0.261 e. The summed E-state index contributed by atoms with van der Waals surface area (Å²) in [6.07, 6.45) is 0.909. The number of carbonyl (C=O) groups is 1. The molecular weight excluding hydrogens is 314 g/mol. The highest BCUT2D eigenvalue weighted by Gasteiger charge is 2.22. The van der Waals surface area contributed by atoms with Gasteiger partial charge in [-0.3, -0.25) is 4.79 Å². The van der Waals surface area contributed by atoms with Crippen LogP contribution < -0.4 is 14.8 Å². The Morgan fingerprint density at radius 1 is 1.04 bits per heavy atom. The second-order valence-electron chi connectivity index (χ2n) is 6.07. The molecule has 0 radical (unpaired) electrons. The smallest absolute Gasteiger partial charge is 0.261 e. The van der Waals surface area contributed by atoms with Gasteiger partial charge < -0.3 is 14.8 Å². The van der Waals surface area contributed by atoms with Gasteiger partial charge in [0, 0.05) is 0 Å². The normalized spacial score (nSPS) is 13.0. The molecule has 0 saturated heterocycles. The largest absolute Gasteiger partial charge is 0.497 e. The highest BCUT2D eigenvalue weighted by atomic mass is 16.5. The van der Waals surface area contributed by atoms with Crippen LogP contribution in [0.1, 0.15) is 43.9 Å². The number of amides is 1. The van der Waals surface area contributed by atoms with E-state index in [1.54, 1.807) is 7.11 Å². The molecule has 0 aliphatic carbocycles. The van der Waals surface area contributed by atoms with Crippen LogP contribution in [-0.2, 0) is 4.79 Å². The fourth-order valence-corrected chi connectivity index (χ4v) is 2.70. The van der Waals surface area contributed by atoms with E-state index in [9.17, 15) is 4.79 Å². The quantitative estimate of drug-likeness (QED) is 0.773. The molecule has 4 nitrogen and oxygen atoms in total. The van der Waals surface area contributed by atoms with Crippen LogP contribution in [0.25, 0.3) is 0 Å². The van der Waals surface area contributed by atoms with E-state index in [1.807, 2.05) is 62.4 Å². The maximum absolute atomic E-state index is 12.7. The van der Waals surface area contributed by atoms with Crippen molar-refractivity contribution in [2.75, 3.05) is 7.11 Å². The zero-order valence-electron chi connectivity index (χ0n) is 15.4. The Labute approximate surface area is 150 Å². The number of hydrogen-bond acceptors (Lipinski definition) is 3. The van der Waals surface area contributed by atoms with Crippen LogP contribution in [0.15, 0.2) is 48.5 Å². The van der Waals surface area contributed by atoms with Crippen molar-refractivity contribution in [3.8, 4) is 11.5 Å². The van der Waals surface area contributed by atoms with E-state index < -0.39 is 6.10 Å². The molecule has 0 fully saturated rings. The zero-order valence-corrected chi connectivity index (χ0v) is 15.4. The molecule has 2 atom stereocenters. The molecule has 25 heavy (non-hydrogen) atoms. The maximum atomic E-state index is 12.7. The van der Waals surface area contributed by atoms with Crippen LogP contribution in [0.2, 0.25) is 0 Å². The molecule has 2 aromatic carbocycles. The van der Waals surface area contributed by atoms with Crippen molar-refractivity contribution in [3.05, 3.63) is 59.7 Å². The van der Waals surface area contributed by atoms with Gasteiger partial charge in [-0.05, 0) is 55.2 Å². The number of hydrogen-bond donors (Lipinski definition) is 1. The van der Waals surface area contributed by atoms with E-state index in [4.69, 9.17) is 9.47 Å². The molecule has 2 aromatic rings. The molecule has 0 aliphatic heterocycles. The second kappa shape index (κ2) is 9.11. The molecule has 0 saturated carbocycles. The summed E-state index contributed by atoms with van der Waals surface area (Å²) in [7, 11) is 1.64. The molecule has 0 spiro atoms. The lowest BCUT2D eigenvalue weighted by atomic mass is 10.0. The highest BCUT2D eigenvalue weighted by Crippen LogP contribution is 2.21. The van der Waals surface area contributed by atoms with Gasteiger partial charge in [-0.1, -0.05) is 38.1 Å². The summed E-state index contributed by atoms with van der Waals surface area (Å²) in [4.78, 5) is 12.7. The van der Waals surface area contributed by atoms with Gasteiger partial charge in [0.15, 0.2) is 6.10 Å². The zero-order chi connectivity index (χ0) is 18.2. The van der Waals surface area contributed by atoms with Gasteiger partial charge in [0.25, 0.3) is 5.91 Å². The minimum absolute atomic E-state index is 0.0476. The van der Waals surface area contributed by atoms with Crippen molar-refractivity contribution in [1.29, 1.82) is 0 Å². The summed E-state index contributed by atoms with van der Waals surface area (Å²) < 4.78 is 11.1. The van der Waals surface area contributed by atoms with Crippen LogP contribution in [-0.4, -0.2) is 19.1 Å². The molecule has 0 aliphatic rings. The number of methoxy groups -OCH3 is 1. The van der Waals surface area contributed by atoms with Crippen molar-refractivity contribution in [2.45, 2.75) is 45.8 Å². The molecule has 0 bridgehead atoms. The summed E-state index contributed by atoms with van der Waals surface area (Å²) in [5.41, 5.74) is 2.17. The number of aryl methyl sites for hydroxylation is 1. The Balaban J connectivity index is 2.05. The third-order valence-corrected chi connectivity index (χ3v) is 4.17.